The second kappa shape index (κ2) is 4.51. The number of halogens is 1. The molecule has 0 spiro atoms. The number of hydrazine groups is 1. The minimum Gasteiger partial charge on any atom is -0.322 e. The van der Waals surface area contributed by atoms with Crippen LogP contribution in [0.3, 0.4) is 0 Å². The lowest BCUT2D eigenvalue weighted by Gasteiger charge is -2.28. The molecule has 0 radical (unpaired) electrons. The van der Waals surface area contributed by atoms with Gasteiger partial charge in [0.2, 0.25) is 0 Å². The molecule has 4 N–H and O–H groups in total. The highest BCUT2D eigenvalue weighted by molar-refractivity contribution is 14.1. The smallest absolute Gasteiger partial charge is 0.0701 e. The minimum atomic E-state index is -0.376. The molecular formula is C11H16IN3. The summed E-state index contributed by atoms with van der Waals surface area (Å²) in [5.41, 5.74) is 7.54. The number of hydrogen-bond acceptors (Lipinski definition) is 3. The van der Waals surface area contributed by atoms with E-state index in [0.29, 0.717) is 0 Å². The van der Waals surface area contributed by atoms with Gasteiger partial charge in [0.15, 0.2) is 0 Å². The van der Waals surface area contributed by atoms with Crippen LogP contribution in [0, 0.1) is 0 Å². The lowest BCUT2D eigenvalue weighted by atomic mass is 9.94. The van der Waals surface area contributed by atoms with E-state index in [1.807, 2.05) is 32.2 Å². The second-order valence-corrected chi connectivity index (χ2v) is 5.15. The molecule has 82 valence electrons. The van der Waals surface area contributed by atoms with Crippen LogP contribution in [0.15, 0.2) is 45.9 Å². The van der Waals surface area contributed by atoms with Gasteiger partial charge in [-0.3, -0.25) is 5.01 Å². The number of hydrogen-bond donors (Lipinski definition) is 2. The first-order valence-electron chi connectivity index (χ1n) is 4.61. The predicted molar refractivity (Wildman–Crippen MR) is 72.8 cm³/mol. The Morgan fingerprint density at radius 3 is 2.53 bits per heavy atom. The number of rotatable bonds is 2. The van der Waals surface area contributed by atoms with Gasteiger partial charge in [-0.1, -0.05) is 18.7 Å². The second-order valence-electron chi connectivity index (χ2n) is 3.98. The third kappa shape index (κ3) is 2.93. The van der Waals surface area contributed by atoms with Gasteiger partial charge in [-0.15, -0.1) is 0 Å². The van der Waals surface area contributed by atoms with Gasteiger partial charge in [0, 0.05) is 15.3 Å². The molecule has 0 saturated heterocycles. The van der Waals surface area contributed by atoms with Gasteiger partial charge < -0.3 is 5.73 Å². The van der Waals surface area contributed by atoms with Crippen molar-refractivity contribution in [3.05, 3.63) is 45.9 Å². The van der Waals surface area contributed by atoms with E-state index < -0.39 is 0 Å². The molecule has 0 fully saturated rings. The Balaban J connectivity index is 3.04. The highest BCUT2D eigenvalue weighted by Gasteiger charge is 2.19. The monoisotopic (exact) mass is 317 g/mol. The SMILES string of the molecule is C=C/C(I)=C1/C=CC(C(C)(C)N)=CN1N. The first-order chi connectivity index (χ1) is 6.86. The van der Waals surface area contributed by atoms with Gasteiger partial charge >= 0.3 is 0 Å². The fourth-order valence-corrected chi connectivity index (χ4v) is 1.66. The Bertz CT molecular complexity index is 359. The lowest BCUT2D eigenvalue weighted by Crippen LogP contribution is -2.37. The highest BCUT2D eigenvalue weighted by Crippen LogP contribution is 2.25. The van der Waals surface area contributed by atoms with E-state index in [2.05, 4.69) is 29.2 Å². The van der Waals surface area contributed by atoms with E-state index in [9.17, 15) is 0 Å². The van der Waals surface area contributed by atoms with Gasteiger partial charge in [-0.25, -0.2) is 5.84 Å². The molecule has 0 aromatic carbocycles. The first-order valence-corrected chi connectivity index (χ1v) is 5.69. The van der Waals surface area contributed by atoms with Gasteiger partial charge in [-0.05, 0) is 48.1 Å². The molecule has 0 bridgehead atoms. The van der Waals surface area contributed by atoms with Gasteiger partial charge in [-0.2, -0.15) is 0 Å². The third-order valence-electron chi connectivity index (χ3n) is 2.15. The molecule has 0 saturated carbocycles. The summed E-state index contributed by atoms with van der Waals surface area (Å²) in [6, 6.07) is 0. The summed E-state index contributed by atoms with van der Waals surface area (Å²) in [6.07, 6.45) is 7.55. The van der Waals surface area contributed by atoms with E-state index in [0.717, 1.165) is 14.8 Å². The van der Waals surface area contributed by atoms with Crippen molar-refractivity contribution in [3.63, 3.8) is 0 Å². The van der Waals surface area contributed by atoms with Crippen LogP contribution < -0.4 is 11.6 Å². The standard InChI is InChI=1S/C11H16IN3/c1-4-9(12)10-6-5-8(7-15(10)14)11(2,3)13/h4-7H,1,13-14H2,2-3H3/b10-9+. The maximum absolute atomic E-state index is 5.99. The first kappa shape index (κ1) is 12.5. The maximum Gasteiger partial charge on any atom is 0.0701 e. The molecule has 0 amide bonds. The van der Waals surface area contributed by atoms with Crippen LogP contribution in [0.5, 0.6) is 0 Å². The van der Waals surface area contributed by atoms with Gasteiger partial charge in [0.1, 0.15) is 0 Å². The largest absolute Gasteiger partial charge is 0.322 e. The van der Waals surface area contributed by atoms with Crippen molar-refractivity contribution >= 4 is 22.6 Å². The Morgan fingerprint density at radius 1 is 1.53 bits per heavy atom. The number of allylic oxidation sites excluding steroid dienone is 3. The quantitative estimate of drug-likeness (QED) is 0.606. The van der Waals surface area contributed by atoms with Crippen molar-refractivity contribution in [2.45, 2.75) is 19.4 Å². The van der Waals surface area contributed by atoms with Crippen LogP contribution in [0.4, 0.5) is 0 Å². The molecular weight excluding hydrogens is 301 g/mol. The number of nitrogens with two attached hydrogens (primary N) is 2. The normalized spacial score (nSPS) is 20.1. The lowest BCUT2D eigenvalue weighted by molar-refractivity contribution is 0.482. The molecule has 1 aliphatic heterocycles. The maximum atomic E-state index is 5.99. The zero-order valence-electron chi connectivity index (χ0n) is 9.00. The fourth-order valence-electron chi connectivity index (χ4n) is 1.21. The summed E-state index contributed by atoms with van der Waals surface area (Å²) in [7, 11) is 0. The average Bonchev–Trinajstić information content (AvgIpc) is 2.15. The highest BCUT2D eigenvalue weighted by atomic mass is 127. The van der Waals surface area contributed by atoms with Gasteiger partial charge in [0.25, 0.3) is 0 Å². The number of nitrogens with zero attached hydrogens (tertiary/aromatic N) is 1. The Morgan fingerprint density at radius 2 is 2.13 bits per heavy atom. The Hall–Kier alpha value is -0.590. The van der Waals surface area contributed by atoms with Crippen LogP contribution in [0.2, 0.25) is 0 Å². The van der Waals surface area contributed by atoms with Crippen molar-refractivity contribution in [2.24, 2.45) is 11.6 Å². The summed E-state index contributed by atoms with van der Waals surface area (Å²) in [5.74, 6) is 5.88. The molecule has 15 heavy (non-hydrogen) atoms. The van der Waals surface area contributed by atoms with Crippen molar-refractivity contribution in [1.29, 1.82) is 0 Å². The van der Waals surface area contributed by atoms with E-state index >= 15 is 0 Å². The zero-order chi connectivity index (χ0) is 11.6. The molecule has 0 atom stereocenters. The Labute approximate surface area is 104 Å². The predicted octanol–water partition coefficient (Wildman–Crippen LogP) is 2.19. The molecule has 1 heterocycles. The van der Waals surface area contributed by atoms with Crippen molar-refractivity contribution in [3.8, 4) is 0 Å². The molecule has 0 aromatic rings. The van der Waals surface area contributed by atoms with Gasteiger partial charge in [0.05, 0.1) is 5.70 Å². The van der Waals surface area contributed by atoms with Crippen LogP contribution in [-0.2, 0) is 0 Å². The summed E-state index contributed by atoms with van der Waals surface area (Å²) >= 11 is 2.20. The van der Waals surface area contributed by atoms with Crippen LogP contribution in [0.1, 0.15) is 13.8 Å². The van der Waals surface area contributed by atoms with Crippen molar-refractivity contribution in [2.75, 3.05) is 0 Å². The van der Waals surface area contributed by atoms with E-state index in [1.54, 1.807) is 11.1 Å². The van der Waals surface area contributed by atoms with E-state index in [4.69, 9.17) is 11.6 Å². The fraction of sp³-hybridized carbons (Fsp3) is 0.273. The molecule has 0 aliphatic carbocycles. The summed E-state index contributed by atoms with van der Waals surface area (Å²) < 4.78 is 1.01. The molecule has 0 aromatic heterocycles. The third-order valence-corrected chi connectivity index (χ3v) is 3.14. The molecule has 0 unspecified atom stereocenters. The molecule has 1 aliphatic rings. The van der Waals surface area contributed by atoms with Crippen LogP contribution in [-0.4, -0.2) is 10.5 Å². The van der Waals surface area contributed by atoms with E-state index in [1.165, 1.54) is 0 Å². The average molecular weight is 317 g/mol. The zero-order valence-corrected chi connectivity index (χ0v) is 11.2. The van der Waals surface area contributed by atoms with E-state index in [-0.39, 0.29) is 5.54 Å². The van der Waals surface area contributed by atoms with Crippen LogP contribution >= 0.6 is 22.6 Å². The van der Waals surface area contributed by atoms with Crippen LogP contribution in [0.25, 0.3) is 0 Å². The minimum absolute atomic E-state index is 0.376. The summed E-state index contributed by atoms with van der Waals surface area (Å²) in [6.45, 7) is 7.61. The van der Waals surface area contributed by atoms with Crippen molar-refractivity contribution in [1.82, 2.24) is 5.01 Å². The molecule has 4 heteroatoms. The summed E-state index contributed by atoms with van der Waals surface area (Å²) in [4.78, 5) is 0. The Kier molecular flexibility index (Phi) is 3.75. The summed E-state index contributed by atoms with van der Waals surface area (Å²) in [5, 5.41) is 1.58. The topological polar surface area (TPSA) is 55.3 Å². The molecule has 3 nitrogen and oxygen atoms in total. The molecule has 1 rings (SSSR count). The van der Waals surface area contributed by atoms with Crippen molar-refractivity contribution < 1.29 is 0 Å².